The molecule has 0 atom stereocenters. The van der Waals surface area contributed by atoms with Gasteiger partial charge in [-0.05, 0) is 6.07 Å². The largest absolute Gasteiger partial charge is 0.455 e. The molecular formula is C25H15NO5. The number of aromatic nitrogens is 1. The highest BCUT2D eigenvalue weighted by Crippen LogP contribution is 2.30. The van der Waals surface area contributed by atoms with Gasteiger partial charge in [-0.25, -0.2) is 4.79 Å². The van der Waals surface area contributed by atoms with Gasteiger partial charge in [0, 0.05) is 33.9 Å². The first-order valence-corrected chi connectivity index (χ1v) is 9.63. The van der Waals surface area contributed by atoms with Crippen molar-refractivity contribution in [3.63, 3.8) is 0 Å². The fourth-order valence-electron chi connectivity index (χ4n) is 3.65. The van der Waals surface area contributed by atoms with Crippen molar-refractivity contribution in [3.05, 3.63) is 112 Å². The van der Waals surface area contributed by atoms with E-state index in [1.54, 1.807) is 42.5 Å². The molecule has 0 N–H and O–H groups in total. The highest BCUT2D eigenvalue weighted by molar-refractivity contribution is 6.30. The lowest BCUT2D eigenvalue weighted by Gasteiger charge is -2.19. The van der Waals surface area contributed by atoms with Gasteiger partial charge < -0.3 is 9.26 Å². The van der Waals surface area contributed by atoms with Gasteiger partial charge in [0.15, 0.2) is 17.3 Å². The topological polar surface area (TPSA) is 86.5 Å². The third-order valence-corrected chi connectivity index (χ3v) is 5.14. The lowest BCUT2D eigenvalue weighted by Crippen LogP contribution is -2.24. The van der Waals surface area contributed by atoms with Crippen LogP contribution in [0.2, 0.25) is 0 Å². The molecule has 6 nitrogen and oxygen atoms in total. The minimum absolute atomic E-state index is 0.0529. The summed E-state index contributed by atoms with van der Waals surface area (Å²) in [6.45, 7) is -0.127. The van der Waals surface area contributed by atoms with E-state index < -0.39 is 5.97 Å². The maximum absolute atomic E-state index is 13.0. The SMILES string of the molecule is O=C(OCc1cc(-c2ccccc2)on1)c1cccc2c1C(=O)c1ccccc1C2=O. The number of fused-ring (bicyclic) bond motifs is 2. The van der Waals surface area contributed by atoms with Gasteiger partial charge in [0.05, 0.1) is 5.56 Å². The van der Waals surface area contributed by atoms with E-state index in [0.29, 0.717) is 17.0 Å². The van der Waals surface area contributed by atoms with Gasteiger partial charge in [0.1, 0.15) is 12.3 Å². The highest BCUT2D eigenvalue weighted by Gasteiger charge is 2.33. The van der Waals surface area contributed by atoms with Gasteiger partial charge in [0.25, 0.3) is 0 Å². The lowest BCUT2D eigenvalue weighted by atomic mass is 9.82. The van der Waals surface area contributed by atoms with Crippen molar-refractivity contribution in [1.82, 2.24) is 5.16 Å². The Morgan fingerprint density at radius 3 is 2.26 bits per heavy atom. The van der Waals surface area contributed by atoms with Crippen LogP contribution in [0.5, 0.6) is 0 Å². The summed E-state index contributed by atoms with van der Waals surface area (Å²) in [7, 11) is 0. The summed E-state index contributed by atoms with van der Waals surface area (Å²) in [5.41, 5.74) is 2.23. The van der Waals surface area contributed by atoms with Crippen LogP contribution in [0.1, 0.15) is 47.9 Å². The van der Waals surface area contributed by atoms with Gasteiger partial charge in [-0.15, -0.1) is 0 Å². The van der Waals surface area contributed by atoms with E-state index in [4.69, 9.17) is 9.26 Å². The molecule has 0 radical (unpaired) electrons. The number of hydrogen-bond donors (Lipinski definition) is 0. The monoisotopic (exact) mass is 409 g/mol. The predicted molar refractivity (Wildman–Crippen MR) is 111 cm³/mol. The smallest absolute Gasteiger partial charge is 0.339 e. The molecule has 0 fully saturated rings. The number of esters is 1. The quantitative estimate of drug-likeness (QED) is 0.407. The molecule has 1 aliphatic rings. The first kappa shape index (κ1) is 18.7. The van der Waals surface area contributed by atoms with Crippen LogP contribution in [0, 0.1) is 0 Å². The van der Waals surface area contributed by atoms with Crippen LogP contribution in [-0.2, 0) is 11.3 Å². The number of ketones is 2. The molecule has 0 aliphatic heterocycles. The van der Waals surface area contributed by atoms with Crippen LogP contribution >= 0.6 is 0 Å². The molecule has 0 bridgehead atoms. The minimum Gasteiger partial charge on any atom is -0.455 e. The van der Waals surface area contributed by atoms with Gasteiger partial charge in [-0.1, -0.05) is 71.9 Å². The van der Waals surface area contributed by atoms with Gasteiger partial charge in [0.2, 0.25) is 0 Å². The average molecular weight is 409 g/mol. The Hall–Kier alpha value is -4.32. The van der Waals surface area contributed by atoms with E-state index in [1.165, 1.54) is 6.07 Å². The van der Waals surface area contributed by atoms with Crippen LogP contribution in [0.4, 0.5) is 0 Å². The highest BCUT2D eigenvalue weighted by atomic mass is 16.5. The summed E-state index contributed by atoms with van der Waals surface area (Å²) in [5.74, 6) is -0.808. The number of nitrogens with zero attached hydrogens (tertiary/aromatic N) is 1. The fourth-order valence-corrected chi connectivity index (χ4v) is 3.65. The van der Waals surface area contributed by atoms with Crippen LogP contribution in [0.3, 0.4) is 0 Å². The van der Waals surface area contributed by atoms with E-state index in [2.05, 4.69) is 5.16 Å². The number of benzene rings is 3. The summed E-state index contributed by atoms with van der Waals surface area (Å²) in [6.07, 6.45) is 0. The number of carbonyl (C=O) groups is 3. The zero-order valence-electron chi connectivity index (χ0n) is 16.2. The van der Waals surface area contributed by atoms with Crippen LogP contribution in [0.25, 0.3) is 11.3 Å². The van der Waals surface area contributed by atoms with Gasteiger partial charge in [-0.3, -0.25) is 9.59 Å². The molecule has 0 amide bonds. The first-order chi connectivity index (χ1) is 15.1. The lowest BCUT2D eigenvalue weighted by molar-refractivity contribution is 0.0461. The Labute approximate surface area is 177 Å². The third-order valence-electron chi connectivity index (χ3n) is 5.14. The molecule has 6 heteroatoms. The number of rotatable bonds is 4. The summed E-state index contributed by atoms with van der Waals surface area (Å²) >= 11 is 0. The van der Waals surface area contributed by atoms with Crippen molar-refractivity contribution in [2.24, 2.45) is 0 Å². The molecule has 1 aliphatic carbocycles. The number of ether oxygens (including phenoxy) is 1. The Bertz CT molecular complexity index is 1340. The molecular weight excluding hydrogens is 394 g/mol. The van der Waals surface area contributed by atoms with Gasteiger partial charge in [-0.2, -0.15) is 0 Å². The Balaban J connectivity index is 1.40. The molecule has 0 saturated heterocycles. The molecule has 0 spiro atoms. The van der Waals surface area contributed by atoms with Crippen LogP contribution < -0.4 is 0 Å². The Morgan fingerprint density at radius 2 is 1.48 bits per heavy atom. The van der Waals surface area contributed by atoms with E-state index in [9.17, 15) is 14.4 Å². The van der Waals surface area contributed by atoms with Crippen molar-refractivity contribution < 1.29 is 23.6 Å². The number of hydrogen-bond acceptors (Lipinski definition) is 6. The molecule has 3 aromatic carbocycles. The van der Waals surface area contributed by atoms with E-state index in [-0.39, 0.29) is 40.4 Å². The van der Waals surface area contributed by atoms with E-state index in [0.717, 1.165) is 5.56 Å². The molecule has 5 rings (SSSR count). The molecule has 31 heavy (non-hydrogen) atoms. The summed E-state index contributed by atoms with van der Waals surface area (Å²) in [5, 5.41) is 3.93. The molecule has 1 heterocycles. The summed E-state index contributed by atoms with van der Waals surface area (Å²) in [6, 6.07) is 22.3. The summed E-state index contributed by atoms with van der Waals surface area (Å²) in [4.78, 5) is 38.6. The van der Waals surface area contributed by atoms with E-state index in [1.807, 2.05) is 30.3 Å². The van der Waals surface area contributed by atoms with Crippen LogP contribution in [-0.4, -0.2) is 22.7 Å². The normalized spacial score (nSPS) is 12.3. The van der Waals surface area contributed by atoms with Crippen molar-refractivity contribution in [2.45, 2.75) is 6.61 Å². The maximum atomic E-state index is 13.0. The number of carbonyl (C=O) groups excluding carboxylic acids is 3. The first-order valence-electron chi connectivity index (χ1n) is 9.63. The average Bonchev–Trinajstić information content (AvgIpc) is 3.30. The minimum atomic E-state index is -0.707. The molecule has 4 aromatic rings. The molecule has 150 valence electrons. The van der Waals surface area contributed by atoms with E-state index >= 15 is 0 Å². The van der Waals surface area contributed by atoms with Crippen molar-refractivity contribution in [1.29, 1.82) is 0 Å². The fraction of sp³-hybridized carbons (Fsp3) is 0.0400. The summed E-state index contributed by atoms with van der Waals surface area (Å²) < 4.78 is 10.7. The third kappa shape index (κ3) is 3.24. The van der Waals surface area contributed by atoms with Crippen LogP contribution in [0.15, 0.2) is 83.4 Å². The van der Waals surface area contributed by atoms with Crippen molar-refractivity contribution in [2.75, 3.05) is 0 Å². The second-order valence-corrected chi connectivity index (χ2v) is 7.06. The van der Waals surface area contributed by atoms with Crippen molar-refractivity contribution in [3.8, 4) is 11.3 Å². The van der Waals surface area contributed by atoms with Crippen molar-refractivity contribution >= 4 is 17.5 Å². The standard InChI is InChI=1S/C25H15NO5/c27-23-17-9-4-5-10-18(17)24(28)22-19(23)11-6-12-20(22)25(29)30-14-16-13-21(31-26-16)15-7-2-1-3-8-15/h1-13H,14H2. The molecule has 0 saturated carbocycles. The predicted octanol–water partition coefficient (Wildman–Crippen LogP) is 4.47. The molecule has 0 unspecified atom stereocenters. The Morgan fingerprint density at radius 1 is 0.806 bits per heavy atom. The Kier molecular flexibility index (Phi) is 4.52. The zero-order valence-corrected chi connectivity index (χ0v) is 16.2. The molecule has 1 aromatic heterocycles. The maximum Gasteiger partial charge on any atom is 0.339 e. The van der Waals surface area contributed by atoms with Gasteiger partial charge >= 0.3 is 5.97 Å². The second-order valence-electron chi connectivity index (χ2n) is 7.06. The zero-order chi connectivity index (χ0) is 21.4. The second kappa shape index (κ2) is 7.50.